The van der Waals surface area contributed by atoms with Gasteiger partial charge < -0.3 is 4.57 Å². The Labute approximate surface area is 128 Å². The average Bonchev–Trinajstić information content (AvgIpc) is 2.85. The number of rotatable bonds is 6. The molecule has 0 fully saturated rings. The first-order valence-corrected chi connectivity index (χ1v) is 7.00. The molecule has 0 bridgehead atoms. The van der Waals surface area contributed by atoms with E-state index in [2.05, 4.69) is 24.1 Å². The van der Waals surface area contributed by atoms with E-state index in [1.807, 2.05) is 4.57 Å². The number of anilines is 1. The van der Waals surface area contributed by atoms with Crippen molar-refractivity contribution in [3.8, 4) is 0 Å². The highest BCUT2D eigenvalue weighted by molar-refractivity contribution is 5.91. The molecule has 116 valence electrons. The van der Waals surface area contributed by atoms with E-state index >= 15 is 0 Å². The summed E-state index contributed by atoms with van der Waals surface area (Å²) in [5.74, 6) is 0.544. The van der Waals surface area contributed by atoms with Gasteiger partial charge in [-0.2, -0.15) is 0 Å². The Bertz CT molecular complexity index is 679. The molecule has 1 aromatic heterocycles. The van der Waals surface area contributed by atoms with Crippen molar-refractivity contribution in [2.45, 2.75) is 26.8 Å². The van der Waals surface area contributed by atoms with Gasteiger partial charge in [-0.05, 0) is 5.92 Å². The third kappa shape index (κ3) is 3.91. The SMILES string of the molecule is CC(C)Cn1ccnc1NC(=O)Cc1ccccc1[N+](=O)[O-]. The highest BCUT2D eigenvalue weighted by atomic mass is 16.6. The molecular weight excluding hydrogens is 284 g/mol. The molecule has 1 N–H and O–H groups in total. The summed E-state index contributed by atoms with van der Waals surface area (Å²) in [5, 5.41) is 13.7. The Morgan fingerprint density at radius 2 is 2.14 bits per heavy atom. The number of hydrogen-bond acceptors (Lipinski definition) is 4. The monoisotopic (exact) mass is 302 g/mol. The summed E-state index contributed by atoms with van der Waals surface area (Å²) in [6.07, 6.45) is 3.34. The first-order chi connectivity index (χ1) is 10.5. The van der Waals surface area contributed by atoms with Crippen LogP contribution in [0, 0.1) is 16.0 Å². The van der Waals surface area contributed by atoms with Gasteiger partial charge in [0.2, 0.25) is 11.9 Å². The summed E-state index contributed by atoms with van der Waals surface area (Å²) in [5.41, 5.74) is 0.329. The molecule has 2 aromatic rings. The Balaban J connectivity index is 2.08. The van der Waals surface area contributed by atoms with Crippen molar-refractivity contribution in [1.29, 1.82) is 0 Å². The number of imidazole rings is 1. The van der Waals surface area contributed by atoms with Crippen LogP contribution in [-0.2, 0) is 17.8 Å². The van der Waals surface area contributed by atoms with E-state index in [9.17, 15) is 14.9 Å². The van der Waals surface area contributed by atoms with Crippen molar-refractivity contribution in [3.05, 3.63) is 52.3 Å². The van der Waals surface area contributed by atoms with Crippen LogP contribution in [0.4, 0.5) is 11.6 Å². The standard InChI is InChI=1S/C15H18N4O3/c1-11(2)10-18-8-7-16-15(18)17-14(20)9-12-5-3-4-6-13(12)19(21)22/h3-8,11H,9-10H2,1-2H3,(H,16,17,20). The van der Waals surface area contributed by atoms with Gasteiger partial charge in [0.15, 0.2) is 0 Å². The summed E-state index contributed by atoms with van der Waals surface area (Å²) in [6, 6.07) is 6.23. The second-order valence-corrected chi connectivity index (χ2v) is 5.41. The molecule has 1 aromatic carbocycles. The van der Waals surface area contributed by atoms with Crippen LogP contribution in [0.2, 0.25) is 0 Å². The van der Waals surface area contributed by atoms with E-state index in [0.29, 0.717) is 17.4 Å². The number of benzene rings is 1. The molecular formula is C15H18N4O3. The highest BCUT2D eigenvalue weighted by Crippen LogP contribution is 2.18. The second-order valence-electron chi connectivity index (χ2n) is 5.41. The Morgan fingerprint density at radius 3 is 2.82 bits per heavy atom. The van der Waals surface area contributed by atoms with Crippen LogP contribution in [0.1, 0.15) is 19.4 Å². The van der Waals surface area contributed by atoms with Gasteiger partial charge in [0.1, 0.15) is 0 Å². The van der Waals surface area contributed by atoms with Gasteiger partial charge in [-0.1, -0.05) is 32.0 Å². The first-order valence-electron chi connectivity index (χ1n) is 7.00. The summed E-state index contributed by atoms with van der Waals surface area (Å²) >= 11 is 0. The number of carbonyl (C=O) groups excluding carboxylic acids is 1. The third-order valence-electron chi connectivity index (χ3n) is 3.07. The molecule has 7 nitrogen and oxygen atoms in total. The van der Waals surface area contributed by atoms with Crippen LogP contribution in [0.15, 0.2) is 36.7 Å². The minimum Gasteiger partial charge on any atom is -0.317 e. The van der Waals surface area contributed by atoms with Gasteiger partial charge >= 0.3 is 0 Å². The van der Waals surface area contributed by atoms with Gasteiger partial charge in [-0.3, -0.25) is 20.2 Å². The van der Waals surface area contributed by atoms with Crippen molar-refractivity contribution in [2.24, 2.45) is 5.92 Å². The topological polar surface area (TPSA) is 90.1 Å². The zero-order valence-corrected chi connectivity index (χ0v) is 12.5. The molecule has 0 saturated heterocycles. The van der Waals surface area contributed by atoms with Gasteiger partial charge in [0.05, 0.1) is 11.3 Å². The summed E-state index contributed by atoms with van der Waals surface area (Å²) in [7, 11) is 0. The molecule has 0 spiro atoms. The van der Waals surface area contributed by atoms with Gasteiger partial charge in [-0.15, -0.1) is 0 Å². The lowest BCUT2D eigenvalue weighted by Crippen LogP contribution is -2.19. The molecule has 0 aliphatic rings. The van der Waals surface area contributed by atoms with E-state index in [1.165, 1.54) is 6.07 Å². The minimum absolute atomic E-state index is 0.0526. The zero-order valence-electron chi connectivity index (χ0n) is 12.5. The Kier molecular flexibility index (Phi) is 4.88. The number of hydrogen-bond donors (Lipinski definition) is 1. The molecule has 0 aliphatic heterocycles. The molecule has 0 unspecified atom stereocenters. The van der Waals surface area contributed by atoms with Crippen LogP contribution >= 0.6 is 0 Å². The van der Waals surface area contributed by atoms with Crippen LogP contribution in [0.5, 0.6) is 0 Å². The smallest absolute Gasteiger partial charge is 0.273 e. The predicted molar refractivity (Wildman–Crippen MR) is 82.5 cm³/mol. The summed E-state index contributed by atoms with van der Waals surface area (Å²) < 4.78 is 1.85. The van der Waals surface area contributed by atoms with Crippen molar-refractivity contribution >= 4 is 17.5 Å². The molecule has 1 amide bonds. The Morgan fingerprint density at radius 1 is 1.41 bits per heavy atom. The van der Waals surface area contributed by atoms with E-state index < -0.39 is 4.92 Å². The van der Waals surface area contributed by atoms with Crippen LogP contribution in [-0.4, -0.2) is 20.4 Å². The molecule has 0 aliphatic carbocycles. The third-order valence-corrected chi connectivity index (χ3v) is 3.07. The van der Waals surface area contributed by atoms with Crippen LogP contribution in [0.3, 0.4) is 0 Å². The van der Waals surface area contributed by atoms with Crippen LogP contribution in [0.25, 0.3) is 0 Å². The largest absolute Gasteiger partial charge is 0.317 e. The van der Waals surface area contributed by atoms with Crippen molar-refractivity contribution in [1.82, 2.24) is 9.55 Å². The van der Waals surface area contributed by atoms with Crippen molar-refractivity contribution in [3.63, 3.8) is 0 Å². The highest BCUT2D eigenvalue weighted by Gasteiger charge is 2.16. The maximum Gasteiger partial charge on any atom is 0.273 e. The number of nitrogens with one attached hydrogen (secondary N) is 1. The molecule has 0 atom stereocenters. The average molecular weight is 302 g/mol. The number of amides is 1. The maximum absolute atomic E-state index is 12.1. The molecule has 2 rings (SSSR count). The number of nitro benzene ring substituents is 1. The minimum atomic E-state index is -0.484. The molecule has 22 heavy (non-hydrogen) atoms. The lowest BCUT2D eigenvalue weighted by molar-refractivity contribution is -0.385. The predicted octanol–water partition coefficient (Wildman–Crippen LogP) is 2.63. The van der Waals surface area contributed by atoms with Crippen molar-refractivity contribution in [2.75, 3.05) is 5.32 Å². The normalized spacial score (nSPS) is 10.7. The fraction of sp³-hybridized carbons (Fsp3) is 0.333. The summed E-state index contributed by atoms with van der Waals surface area (Å²) in [6.45, 7) is 4.87. The lowest BCUT2D eigenvalue weighted by Gasteiger charge is -2.11. The zero-order chi connectivity index (χ0) is 16.1. The number of nitrogens with zero attached hydrogens (tertiary/aromatic N) is 3. The van der Waals surface area contributed by atoms with E-state index in [-0.39, 0.29) is 18.0 Å². The molecule has 0 saturated carbocycles. The van der Waals surface area contributed by atoms with Gasteiger partial charge in [0.25, 0.3) is 5.69 Å². The number of carbonyl (C=O) groups is 1. The molecule has 1 heterocycles. The first kappa shape index (κ1) is 15.7. The fourth-order valence-electron chi connectivity index (χ4n) is 2.15. The van der Waals surface area contributed by atoms with E-state index in [0.717, 1.165) is 6.54 Å². The molecule has 0 radical (unpaired) electrons. The fourth-order valence-corrected chi connectivity index (χ4v) is 2.15. The quantitative estimate of drug-likeness (QED) is 0.656. The number of aromatic nitrogens is 2. The van der Waals surface area contributed by atoms with E-state index in [1.54, 1.807) is 30.6 Å². The van der Waals surface area contributed by atoms with Crippen LogP contribution < -0.4 is 5.32 Å². The maximum atomic E-state index is 12.1. The lowest BCUT2D eigenvalue weighted by atomic mass is 10.1. The summed E-state index contributed by atoms with van der Waals surface area (Å²) in [4.78, 5) is 26.7. The number of para-hydroxylation sites is 1. The number of nitro groups is 1. The molecule has 7 heteroatoms. The Hall–Kier alpha value is -2.70. The van der Waals surface area contributed by atoms with Gasteiger partial charge in [-0.25, -0.2) is 4.98 Å². The van der Waals surface area contributed by atoms with E-state index in [4.69, 9.17) is 0 Å². The van der Waals surface area contributed by atoms with Crippen molar-refractivity contribution < 1.29 is 9.72 Å². The van der Waals surface area contributed by atoms with Gasteiger partial charge in [0, 0.05) is 30.6 Å². The second kappa shape index (κ2) is 6.84.